The molecule has 2 rings (SSSR count). The van der Waals surface area contributed by atoms with Gasteiger partial charge in [0.2, 0.25) is 0 Å². The predicted octanol–water partition coefficient (Wildman–Crippen LogP) is 0.751. The lowest BCUT2D eigenvalue weighted by Crippen LogP contribution is -2.46. The molecule has 2 fully saturated rings. The van der Waals surface area contributed by atoms with Crippen molar-refractivity contribution in [3.63, 3.8) is 0 Å². The van der Waals surface area contributed by atoms with Crippen LogP contribution < -0.4 is 5.73 Å². The van der Waals surface area contributed by atoms with E-state index in [0.29, 0.717) is 6.04 Å². The molecule has 0 amide bonds. The summed E-state index contributed by atoms with van der Waals surface area (Å²) in [5.41, 5.74) is 5.93. The Morgan fingerprint density at radius 1 is 1.00 bits per heavy atom. The van der Waals surface area contributed by atoms with Gasteiger partial charge >= 0.3 is 0 Å². The largest absolute Gasteiger partial charge is 0.328 e. The quantitative estimate of drug-likeness (QED) is 0.731. The highest BCUT2D eigenvalue weighted by Crippen LogP contribution is 2.24. The van der Waals surface area contributed by atoms with E-state index in [1.807, 2.05) is 0 Å². The van der Waals surface area contributed by atoms with E-state index in [0.717, 1.165) is 5.92 Å². The number of piperazine rings is 1. The van der Waals surface area contributed by atoms with Gasteiger partial charge in [-0.3, -0.25) is 0 Å². The third-order valence-electron chi connectivity index (χ3n) is 4.00. The SMILES string of the molecule is CN1CCN(C[C@H]2CC[C@H](N)CC2)CC1. The molecule has 0 aromatic heterocycles. The molecule has 3 heteroatoms. The monoisotopic (exact) mass is 211 g/mol. The highest BCUT2D eigenvalue weighted by Gasteiger charge is 2.22. The van der Waals surface area contributed by atoms with Crippen LogP contribution in [0.1, 0.15) is 25.7 Å². The Morgan fingerprint density at radius 3 is 2.20 bits per heavy atom. The minimum absolute atomic E-state index is 0.494. The smallest absolute Gasteiger partial charge is 0.0110 e. The zero-order valence-corrected chi connectivity index (χ0v) is 9.99. The van der Waals surface area contributed by atoms with Crippen molar-refractivity contribution in [2.45, 2.75) is 31.7 Å². The first-order chi connectivity index (χ1) is 7.24. The molecule has 1 saturated heterocycles. The van der Waals surface area contributed by atoms with E-state index < -0.39 is 0 Å². The van der Waals surface area contributed by atoms with E-state index in [2.05, 4.69) is 16.8 Å². The summed E-state index contributed by atoms with van der Waals surface area (Å²) in [6, 6.07) is 0.494. The molecule has 2 N–H and O–H groups in total. The Kier molecular flexibility index (Phi) is 4.00. The highest BCUT2D eigenvalue weighted by molar-refractivity contribution is 4.78. The molecular formula is C12H25N3. The maximum atomic E-state index is 5.93. The van der Waals surface area contributed by atoms with Crippen molar-refractivity contribution >= 4 is 0 Å². The molecule has 1 aliphatic carbocycles. The zero-order valence-electron chi connectivity index (χ0n) is 9.99. The van der Waals surface area contributed by atoms with E-state index in [9.17, 15) is 0 Å². The van der Waals surface area contributed by atoms with Crippen LogP contribution in [-0.2, 0) is 0 Å². The van der Waals surface area contributed by atoms with Crippen LogP contribution in [0, 0.1) is 5.92 Å². The number of rotatable bonds is 2. The van der Waals surface area contributed by atoms with E-state index in [1.54, 1.807) is 0 Å². The van der Waals surface area contributed by atoms with Crippen molar-refractivity contribution in [1.29, 1.82) is 0 Å². The van der Waals surface area contributed by atoms with Gasteiger partial charge in [0.1, 0.15) is 0 Å². The number of nitrogens with zero attached hydrogens (tertiary/aromatic N) is 2. The Hall–Kier alpha value is -0.120. The van der Waals surface area contributed by atoms with Gasteiger partial charge in [-0.25, -0.2) is 0 Å². The molecule has 1 aliphatic heterocycles. The number of nitrogens with two attached hydrogens (primary N) is 1. The Bertz CT molecular complexity index is 159. The van der Waals surface area contributed by atoms with Crippen LogP contribution in [0.25, 0.3) is 0 Å². The normalized spacial score (nSPS) is 35.6. The molecule has 0 unspecified atom stereocenters. The molecule has 0 aromatic rings. The predicted molar refractivity (Wildman–Crippen MR) is 63.9 cm³/mol. The lowest BCUT2D eigenvalue weighted by atomic mass is 9.86. The molecule has 15 heavy (non-hydrogen) atoms. The zero-order chi connectivity index (χ0) is 10.7. The molecule has 0 atom stereocenters. The van der Waals surface area contributed by atoms with E-state index >= 15 is 0 Å². The minimum Gasteiger partial charge on any atom is -0.328 e. The van der Waals surface area contributed by atoms with Crippen molar-refractivity contribution in [2.75, 3.05) is 39.8 Å². The average Bonchev–Trinajstić information content (AvgIpc) is 2.25. The molecule has 1 heterocycles. The third kappa shape index (κ3) is 3.44. The van der Waals surface area contributed by atoms with Gasteiger partial charge in [-0.15, -0.1) is 0 Å². The molecule has 88 valence electrons. The fraction of sp³-hybridized carbons (Fsp3) is 1.00. The lowest BCUT2D eigenvalue weighted by molar-refractivity contribution is 0.123. The third-order valence-corrected chi connectivity index (χ3v) is 4.00. The van der Waals surface area contributed by atoms with E-state index in [1.165, 1.54) is 58.4 Å². The molecule has 0 spiro atoms. The van der Waals surface area contributed by atoms with Crippen LogP contribution in [0.4, 0.5) is 0 Å². The lowest BCUT2D eigenvalue weighted by Gasteiger charge is -2.36. The van der Waals surface area contributed by atoms with Crippen molar-refractivity contribution in [3.8, 4) is 0 Å². The summed E-state index contributed by atoms with van der Waals surface area (Å²) in [6.07, 6.45) is 5.21. The molecule has 0 radical (unpaired) electrons. The topological polar surface area (TPSA) is 32.5 Å². The minimum atomic E-state index is 0.494. The van der Waals surface area contributed by atoms with Gasteiger partial charge in [0, 0.05) is 38.8 Å². The van der Waals surface area contributed by atoms with Crippen molar-refractivity contribution in [1.82, 2.24) is 9.80 Å². The van der Waals surface area contributed by atoms with Crippen LogP contribution in [0.2, 0.25) is 0 Å². The van der Waals surface area contributed by atoms with Crippen LogP contribution in [0.5, 0.6) is 0 Å². The molecule has 1 saturated carbocycles. The van der Waals surface area contributed by atoms with Gasteiger partial charge in [0.05, 0.1) is 0 Å². The van der Waals surface area contributed by atoms with Crippen LogP contribution >= 0.6 is 0 Å². The average molecular weight is 211 g/mol. The second-order valence-electron chi connectivity index (χ2n) is 5.38. The number of hydrogen-bond donors (Lipinski definition) is 1. The summed E-state index contributed by atoms with van der Waals surface area (Å²) in [5, 5.41) is 0. The van der Waals surface area contributed by atoms with Gasteiger partial charge in [-0.1, -0.05) is 0 Å². The fourth-order valence-corrected chi connectivity index (χ4v) is 2.77. The van der Waals surface area contributed by atoms with Crippen molar-refractivity contribution in [2.24, 2.45) is 11.7 Å². The Morgan fingerprint density at radius 2 is 1.60 bits per heavy atom. The molecule has 0 aromatic carbocycles. The second-order valence-corrected chi connectivity index (χ2v) is 5.38. The second kappa shape index (κ2) is 5.28. The first kappa shape index (κ1) is 11.4. The van der Waals surface area contributed by atoms with Gasteiger partial charge in [0.15, 0.2) is 0 Å². The van der Waals surface area contributed by atoms with Crippen LogP contribution in [0.3, 0.4) is 0 Å². The van der Waals surface area contributed by atoms with Crippen molar-refractivity contribution in [3.05, 3.63) is 0 Å². The molecule has 2 aliphatic rings. The number of hydrogen-bond acceptors (Lipinski definition) is 3. The van der Waals surface area contributed by atoms with Gasteiger partial charge in [-0.05, 0) is 38.6 Å². The summed E-state index contributed by atoms with van der Waals surface area (Å²) in [5.74, 6) is 0.924. The van der Waals surface area contributed by atoms with E-state index in [4.69, 9.17) is 5.73 Å². The number of likely N-dealkylation sites (N-methyl/N-ethyl adjacent to an activating group) is 1. The summed E-state index contributed by atoms with van der Waals surface area (Å²) >= 11 is 0. The maximum absolute atomic E-state index is 5.93. The summed E-state index contributed by atoms with van der Waals surface area (Å²) in [7, 11) is 2.22. The van der Waals surface area contributed by atoms with Gasteiger partial charge in [0.25, 0.3) is 0 Å². The Labute approximate surface area is 93.6 Å². The van der Waals surface area contributed by atoms with Crippen LogP contribution in [0.15, 0.2) is 0 Å². The molecule has 3 nitrogen and oxygen atoms in total. The van der Waals surface area contributed by atoms with E-state index in [-0.39, 0.29) is 0 Å². The van der Waals surface area contributed by atoms with Crippen LogP contribution in [-0.4, -0.2) is 55.6 Å². The summed E-state index contributed by atoms with van der Waals surface area (Å²) in [4.78, 5) is 5.06. The first-order valence-corrected chi connectivity index (χ1v) is 6.40. The van der Waals surface area contributed by atoms with Gasteiger partial charge in [-0.2, -0.15) is 0 Å². The first-order valence-electron chi connectivity index (χ1n) is 6.40. The summed E-state index contributed by atoms with van der Waals surface area (Å²) in [6.45, 7) is 6.33. The molecular weight excluding hydrogens is 186 g/mol. The van der Waals surface area contributed by atoms with Crippen molar-refractivity contribution < 1.29 is 0 Å². The summed E-state index contributed by atoms with van der Waals surface area (Å²) < 4.78 is 0. The highest BCUT2D eigenvalue weighted by atomic mass is 15.2. The Balaban J connectivity index is 1.68. The maximum Gasteiger partial charge on any atom is 0.0110 e. The molecule has 0 bridgehead atoms. The standard InChI is InChI=1S/C12H25N3/c1-14-6-8-15(9-7-14)10-11-2-4-12(13)5-3-11/h11-12H,2-10,13H2,1H3/t11-,12-. The fourth-order valence-electron chi connectivity index (χ4n) is 2.77. The van der Waals surface area contributed by atoms with Gasteiger partial charge < -0.3 is 15.5 Å².